The molecular weight excluding hydrogens is 272 g/mol. The van der Waals surface area contributed by atoms with Crippen LogP contribution in [0.25, 0.3) is 29.0 Å². The van der Waals surface area contributed by atoms with Gasteiger partial charge in [-0.15, -0.1) is 5.73 Å². The maximum atomic E-state index is 10.5. The van der Waals surface area contributed by atoms with Gasteiger partial charge in [0.2, 0.25) is 0 Å². The van der Waals surface area contributed by atoms with E-state index in [-0.39, 0.29) is 0 Å². The van der Waals surface area contributed by atoms with Gasteiger partial charge in [0, 0.05) is 11.3 Å². The monoisotopic (exact) mass is 286 g/mol. The fourth-order valence-electron chi connectivity index (χ4n) is 2.41. The molecule has 0 aromatic heterocycles. The van der Waals surface area contributed by atoms with Crippen LogP contribution >= 0.6 is 0 Å². The normalized spacial score (nSPS) is 12.4. The summed E-state index contributed by atoms with van der Waals surface area (Å²) < 4.78 is 0. The molecule has 2 aromatic carbocycles. The molecule has 2 heteroatoms. The minimum Gasteiger partial charge on any atom is -0.478 e. The molecule has 0 spiro atoms. The highest BCUT2D eigenvalue weighted by molar-refractivity contribution is 5.85. The zero-order chi connectivity index (χ0) is 15.4. The molecule has 3 rings (SSSR count). The average molecular weight is 286 g/mol. The van der Waals surface area contributed by atoms with E-state index in [2.05, 4.69) is 17.9 Å². The number of aliphatic carboxylic acids is 1. The van der Waals surface area contributed by atoms with Gasteiger partial charge < -0.3 is 5.11 Å². The maximum Gasteiger partial charge on any atom is 0.328 e. The van der Waals surface area contributed by atoms with Crippen LogP contribution in [0.5, 0.6) is 0 Å². The summed E-state index contributed by atoms with van der Waals surface area (Å²) in [4.78, 5) is 10.5. The van der Waals surface area contributed by atoms with E-state index in [9.17, 15) is 4.79 Å². The lowest BCUT2D eigenvalue weighted by Crippen LogP contribution is -2.24. The van der Waals surface area contributed by atoms with Gasteiger partial charge in [-0.05, 0) is 40.1 Å². The summed E-state index contributed by atoms with van der Waals surface area (Å²) in [6.45, 7) is 0. The van der Waals surface area contributed by atoms with Crippen molar-refractivity contribution in [2.45, 2.75) is 0 Å². The van der Waals surface area contributed by atoms with E-state index >= 15 is 0 Å². The van der Waals surface area contributed by atoms with Crippen LogP contribution in [0.2, 0.25) is 0 Å². The van der Waals surface area contributed by atoms with Crippen LogP contribution in [-0.4, -0.2) is 11.1 Å². The minimum absolute atomic E-state index is 0.864. The second-order valence-corrected chi connectivity index (χ2v) is 4.92. The Morgan fingerprint density at radius 3 is 2.64 bits per heavy atom. The van der Waals surface area contributed by atoms with Crippen LogP contribution in [0.3, 0.4) is 0 Å². The van der Waals surface area contributed by atoms with Crippen molar-refractivity contribution in [2.24, 2.45) is 0 Å². The van der Waals surface area contributed by atoms with Crippen molar-refractivity contribution in [1.29, 1.82) is 0 Å². The first-order valence-electron chi connectivity index (χ1n) is 6.98. The third kappa shape index (κ3) is 2.98. The highest BCUT2D eigenvalue weighted by Gasteiger charge is 2.01. The van der Waals surface area contributed by atoms with Gasteiger partial charge in [-0.1, -0.05) is 54.6 Å². The van der Waals surface area contributed by atoms with Crippen LogP contribution in [0.4, 0.5) is 0 Å². The van der Waals surface area contributed by atoms with Gasteiger partial charge in [0.25, 0.3) is 0 Å². The van der Waals surface area contributed by atoms with E-state index in [1.807, 2.05) is 54.6 Å². The summed E-state index contributed by atoms with van der Waals surface area (Å²) in [6, 6.07) is 14.0. The van der Waals surface area contributed by atoms with Crippen molar-refractivity contribution in [3.05, 3.63) is 82.8 Å². The highest BCUT2D eigenvalue weighted by Crippen LogP contribution is 2.16. The Balaban J connectivity index is 2.07. The number of carbonyl (C=O) groups is 1. The van der Waals surface area contributed by atoms with Crippen molar-refractivity contribution < 1.29 is 9.90 Å². The number of allylic oxidation sites excluding steroid dienone is 3. The summed E-state index contributed by atoms with van der Waals surface area (Å²) in [5.41, 5.74) is 6.36. The van der Waals surface area contributed by atoms with Gasteiger partial charge in [-0.2, -0.15) is 0 Å². The molecule has 0 saturated carbocycles. The number of carboxylic acid groups (broad SMARTS) is 1. The molecule has 0 fully saturated rings. The Kier molecular flexibility index (Phi) is 3.86. The topological polar surface area (TPSA) is 37.3 Å². The summed E-state index contributed by atoms with van der Waals surface area (Å²) in [5.74, 6) is -0.943. The molecular formula is C20H14O2. The molecule has 2 nitrogen and oxygen atoms in total. The first-order valence-corrected chi connectivity index (χ1v) is 6.98. The Morgan fingerprint density at radius 2 is 1.86 bits per heavy atom. The van der Waals surface area contributed by atoms with Gasteiger partial charge in [-0.25, -0.2) is 4.79 Å². The van der Waals surface area contributed by atoms with E-state index < -0.39 is 5.97 Å². The van der Waals surface area contributed by atoms with Crippen molar-refractivity contribution >= 4 is 23.9 Å². The Bertz CT molecular complexity index is 923. The van der Waals surface area contributed by atoms with Crippen LogP contribution in [0.15, 0.2) is 66.8 Å². The zero-order valence-corrected chi connectivity index (χ0v) is 11.9. The number of hydrogen-bond acceptors (Lipinski definition) is 1. The molecule has 0 saturated heterocycles. The smallest absolute Gasteiger partial charge is 0.328 e. The minimum atomic E-state index is -0.943. The number of fused-ring (bicyclic) bond motifs is 1. The zero-order valence-electron chi connectivity index (χ0n) is 11.9. The lowest BCUT2D eigenvalue weighted by atomic mass is 10.0. The number of hydrogen-bond donors (Lipinski definition) is 1. The first-order chi connectivity index (χ1) is 10.7. The Hall–Kier alpha value is -3.09. The Morgan fingerprint density at radius 1 is 1.05 bits per heavy atom. The standard InChI is InChI=1S/C20H14O2/c21-20(22)14-11-15-9-12-17(13-10-15)19-8-4-6-16-5-2-1-3-7-18(16)19/h1-4,6-14H,(H,21,22)/b14-11+. The van der Waals surface area contributed by atoms with Crippen molar-refractivity contribution in [3.8, 4) is 11.1 Å². The summed E-state index contributed by atoms with van der Waals surface area (Å²) in [5, 5.41) is 10.9. The van der Waals surface area contributed by atoms with E-state index in [1.165, 1.54) is 0 Å². The number of rotatable bonds is 3. The van der Waals surface area contributed by atoms with E-state index in [1.54, 1.807) is 6.08 Å². The predicted molar refractivity (Wildman–Crippen MR) is 89.4 cm³/mol. The summed E-state index contributed by atoms with van der Waals surface area (Å²) in [7, 11) is 0. The molecule has 0 heterocycles. The van der Waals surface area contributed by atoms with Gasteiger partial charge >= 0.3 is 5.97 Å². The fraction of sp³-hybridized carbons (Fsp3) is 0. The first kappa shape index (κ1) is 13.9. The van der Waals surface area contributed by atoms with Gasteiger partial charge in [0.1, 0.15) is 0 Å². The van der Waals surface area contributed by atoms with E-state index in [4.69, 9.17) is 5.11 Å². The second kappa shape index (κ2) is 6.13. The van der Waals surface area contributed by atoms with E-state index in [0.29, 0.717) is 0 Å². The maximum absolute atomic E-state index is 10.5. The van der Waals surface area contributed by atoms with Crippen LogP contribution < -0.4 is 10.4 Å². The number of carboxylic acids is 1. The van der Waals surface area contributed by atoms with Crippen LogP contribution in [-0.2, 0) is 4.79 Å². The molecule has 22 heavy (non-hydrogen) atoms. The molecule has 106 valence electrons. The van der Waals surface area contributed by atoms with Crippen LogP contribution in [0.1, 0.15) is 5.56 Å². The molecule has 0 amide bonds. The third-order valence-electron chi connectivity index (χ3n) is 3.46. The third-order valence-corrected chi connectivity index (χ3v) is 3.46. The predicted octanol–water partition coefficient (Wildman–Crippen LogP) is 2.74. The van der Waals surface area contributed by atoms with Gasteiger partial charge in [0.05, 0.1) is 0 Å². The quantitative estimate of drug-likeness (QED) is 0.881. The lowest BCUT2D eigenvalue weighted by Gasteiger charge is -2.04. The van der Waals surface area contributed by atoms with Crippen molar-refractivity contribution in [1.82, 2.24) is 0 Å². The number of benzene rings is 2. The van der Waals surface area contributed by atoms with Gasteiger partial charge in [-0.3, -0.25) is 0 Å². The molecule has 1 N–H and O–H groups in total. The van der Waals surface area contributed by atoms with E-state index in [0.717, 1.165) is 33.2 Å². The second-order valence-electron chi connectivity index (χ2n) is 4.92. The largest absolute Gasteiger partial charge is 0.478 e. The molecule has 0 atom stereocenters. The van der Waals surface area contributed by atoms with Crippen molar-refractivity contribution in [2.75, 3.05) is 0 Å². The van der Waals surface area contributed by atoms with Crippen molar-refractivity contribution in [3.63, 3.8) is 0 Å². The lowest BCUT2D eigenvalue weighted by molar-refractivity contribution is -0.131. The Labute approximate surface area is 128 Å². The van der Waals surface area contributed by atoms with Crippen LogP contribution in [0, 0.1) is 0 Å². The highest BCUT2D eigenvalue weighted by atomic mass is 16.4. The molecule has 0 unspecified atom stereocenters. The average Bonchev–Trinajstić information content (AvgIpc) is 2.78. The molecule has 1 aliphatic rings. The molecule has 0 radical (unpaired) electrons. The summed E-state index contributed by atoms with van der Waals surface area (Å²) >= 11 is 0. The molecule has 2 aromatic rings. The molecule has 0 bridgehead atoms. The van der Waals surface area contributed by atoms with Gasteiger partial charge in [0.15, 0.2) is 0 Å². The summed E-state index contributed by atoms with van der Waals surface area (Å²) in [6.07, 6.45) is 10.7. The molecule has 0 aliphatic heterocycles. The fourth-order valence-corrected chi connectivity index (χ4v) is 2.41. The molecule has 1 aliphatic carbocycles. The SMILES string of the molecule is O=C(O)/C=C/c1ccc(-c2cccc3c2=CC=CC=C=3)cc1.